The molecule has 0 bridgehead atoms. The van der Waals surface area contributed by atoms with Crippen LogP contribution in [0.15, 0.2) is 4.99 Å². The van der Waals surface area contributed by atoms with Crippen LogP contribution in [0.4, 0.5) is 0 Å². The predicted octanol–water partition coefficient (Wildman–Crippen LogP) is 3.21. The van der Waals surface area contributed by atoms with Gasteiger partial charge in [0.25, 0.3) is 0 Å². The fourth-order valence-corrected chi connectivity index (χ4v) is 3.14. The second-order valence-corrected chi connectivity index (χ2v) is 6.88. The van der Waals surface area contributed by atoms with Crippen molar-refractivity contribution in [2.24, 2.45) is 4.99 Å². The summed E-state index contributed by atoms with van der Waals surface area (Å²) < 4.78 is 15.6. The average Bonchev–Trinajstić information content (AvgIpc) is 2.70. The third kappa shape index (κ3) is 12.8. The number of esters is 1. The van der Waals surface area contributed by atoms with Crippen LogP contribution in [-0.4, -0.2) is 76.5 Å². The van der Waals surface area contributed by atoms with Gasteiger partial charge in [-0.05, 0) is 39.0 Å². The number of hydrogen-bond donors (Lipinski definition) is 1. The van der Waals surface area contributed by atoms with Gasteiger partial charge in [-0.1, -0.05) is 12.8 Å². The number of unbranched alkanes of at least 4 members (excludes halogenated alkanes) is 3. The highest BCUT2D eigenvalue weighted by Crippen LogP contribution is 2.14. The summed E-state index contributed by atoms with van der Waals surface area (Å²) in [5.41, 5.74) is 0. The second-order valence-electron chi connectivity index (χ2n) is 6.88. The number of nitrogens with one attached hydrogen (secondary N) is 1. The highest BCUT2D eigenvalue weighted by Gasteiger charge is 2.21. The first-order valence-electron chi connectivity index (χ1n) is 10.4. The molecular formula is C20H40IN3O4. The summed E-state index contributed by atoms with van der Waals surface area (Å²) in [4.78, 5) is 18.2. The van der Waals surface area contributed by atoms with Crippen molar-refractivity contribution in [3.05, 3.63) is 0 Å². The first-order valence-corrected chi connectivity index (χ1v) is 10.4. The Labute approximate surface area is 188 Å². The van der Waals surface area contributed by atoms with Crippen LogP contribution in [0, 0.1) is 0 Å². The van der Waals surface area contributed by atoms with Gasteiger partial charge in [0.1, 0.15) is 0 Å². The van der Waals surface area contributed by atoms with E-state index in [0.29, 0.717) is 12.5 Å². The van der Waals surface area contributed by atoms with Gasteiger partial charge in [0.05, 0.1) is 13.2 Å². The number of ether oxygens (including phenoxy) is 3. The van der Waals surface area contributed by atoms with Gasteiger partial charge in [0.2, 0.25) is 0 Å². The topological polar surface area (TPSA) is 72.4 Å². The molecule has 1 aliphatic rings. The van der Waals surface area contributed by atoms with Crippen LogP contribution in [-0.2, 0) is 19.0 Å². The van der Waals surface area contributed by atoms with Gasteiger partial charge >= 0.3 is 5.97 Å². The van der Waals surface area contributed by atoms with E-state index in [1.807, 2.05) is 0 Å². The Morgan fingerprint density at radius 2 is 1.79 bits per heavy atom. The first kappa shape index (κ1) is 27.4. The number of halogens is 1. The minimum Gasteiger partial charge on any atom is -0.469 e. The van der Waals surface area contributed by atoms with Crippen LogP contribution in [0.1, 0.15) is 58.3 Å². The Hall–Kier alpha value is -0.610. The summed E-state index contributed by atoms with van der Waals surface area (Å²) in [5.74, 6) is 0.901. The van der Waals surface area contributed by atoms with Crippen LogP contribution in [0.2, 0.25) is 0 Å². The molecule has 1 rings (SSSR count). The molecule has 166 valence electrons. The Bertz CT molecular complexity index is 416. The SMILES string of the molecule is CCNC(=NCCCCCCC(=O)OC)N1CCC(OCCCOC)CC1.I. The van der Waals surface area contributed by atoms with Crippen LogP contribution in [0.3, 0.4) is 0 Å². The maximum Gasteiger partial charge on any atom is 0.305 e. The van der Waals surface area contributed by atoms with E-state index in [-0.39, 0.29) is 29.9 Å². The lowest BCUT2D eigenvalue weighted by Gasteiger charge is -2.34. The maximum atomic E-state index is 11.1. The van der Waals surface area contributed by atoms with Crippen molar-refractivity contribution >= 4 is 35.9 Å². The van der Waals surface area contributed by atoms with Crippen molar-refractivity contribution in [1.29, 1.82) is 0 Å². The molecule has 0 atom stereocenters. The van der Waals surface area contributed by atoms with Gasteiger partial charge in [0, 0.05) is 52.9 Å². The zero-order chi connectivity index (χ0) is 19.7. The molecule has 7 nitrogen and oxygen atoms in total. The molecular weight excluding hydrogens is 473 g/mol. The number of guanidine groups is 1. The van der Waals surface area contributed by atoms with Gasteiger partial charge in [-0.25, -0.2) is 0 Å². The molecule has 0 aromatic rings. The molecule has 0 aromatic heterocycles. The monoisotopic (exact) mass is 513 g/mol. The van der Waals surface area contributed by atoms with Crippen LogP contribution in [0.25, 0.3) is 0 Å². The Kier molecular flexibility index (Phi) is 18.0. The number of methoxy groups -OCH3 is 2. The number of hydrogen-bond acceptors (Lipinski definition) is 5. The van der Waals surface area contributed by atoms with E-state index in [0.717, 1.165) is 90.3 Å². The predicted molar refractivity (Wildman–Crippen MR) is 124 cm³/mol. The van der Waals surface area contributed by atoms with Gasteiger partial charge in [-0.3, -0.25) is 9.79 Å². The van der Waals surface area contributed by atoms with Crippen molar-refractivity contribution in [3.63, 3.8) is 0 Å². The highest BCUT2D eigenvalue weighted by atomic mass is 127. The number of likely N-dealkylation sites (tertiary alicyclic amines) is 1. The van der Waals surface area contributed by atoms with E-state index >= 15 is 0 Å². The number of aliphatic imine (C=N–C) groups is 1. The molecule has 0 unspecified atom stereocenters. The molecule has 0 saturated carbocycles. The number of carbonyl (C=O) groups is 1. The molecule has 1 N–H and O–H groups in total. The normalized spacial score (nSPS) is 15.2. The summed E-state index contributed by atoms with van der Waals surface area (Å²) in [6.45, 7) is 7.33. The minimum atomic E-state index is -0.117. The summed E-state index contributed by atoms with van der Waals surface area (Å²) in [5, 5.41) is 3.41. The fourth-order valence-electron chi connectivity index (χ4n) is 3.14. The number of rotatable bonds is 13. The van der Waals surface area contributed by atoms with E-state index in [9.17, 15) is 4.79 Å². The third-order valence-electron chi connectivity index (χ3n) is 4.70. The first-order chi connectivity index (χ1) is 13.2. The largest absolute Gasteiger partial charge is 0.469 e. The lowest BCUT2D eigenvalue weighted by atomic mass is 10.1. The van der Waals surface area contributed by atoms with Gasteiger partial charge < -0.3 is 24.4 Å². The van der Waals surface area contributed by atoms with Crippen molar-refractivity contribution in [2.45, 2.75) is 64.4 Å². The molecule has 0 amide bonds. The Morgan fingerprint density at radius 3 is 2.43 bits per heavy atom. The van der Waals surface area contributed by atoms with Gasteiger partial charge in [-0.15, -0.1) is 24.0 Å². The summed E-state index contributed by atoms with van der Waals surface area (Å²) in [6, 6.07) is 0. The van der Waals surface area contributed by atoms with E-state index in [1.165, 1.54) is 7.11 Å². The molecule has 0 spiro atoms. The molecule has 0 radical (unpaired) electrons. The highest BCUT2D eigenvalue weighted by molar-refractivity contribution is 14.0. The molecule has 1 fully saturated rings. The molecule has 0 aliphatic carbocycles. The number of carbonyl (C=O) groups excluding carboxylic acids is 1. The summed E-state index contributed by atoms with van der Waals surface area (Å²) in [6.07, 6.45) is 8.02. The zero-order valence-corrected chi connectivity index (χ0v) is 20.2. The minimum absolute atomic E-state index is 0. The number of piperidine rings is 1. The quantitative estimate of drug-likeness (QED) is 0.134. The van der Waals surface area contributed by atoms with Gasteiger partial charge in [0.15, 0.2) is 5.96 Å². The maximum absolute atomic E-state index is 11.1. The van der Waals surface area contributed by atoms with E-state index < -0.39 is 0 Å². The molecule has 28 heavy (non-hydrogen) atoms. The van der Waals surface area contributed by atoms with Crippen LogP contribution in [0.5, 0.6) is 0 Å². The Morgan fingerprint density at radius 1 is 1.07 bits per heavy atom. The standard InChI is InChI=1S/C20H39N3O4.HI/c1-4-21-20(22-13-8-6-5-7-10-19(24)26-3)23-14-11-18(12-15-23)27-17-9-16-25-2;/h18H,4-17H2,1-3H3,(H,21,22);1H. The molecule has 8 heteroatoms. The van der Waals surface area contributed by atoms with Crippen molar-refractivity contribution in [3.8, 4) is 0 Å². The lowest BCUT2D eigenvalue weighted by Crippen LogP contribution is -2.47. The van der Waals surface area contributed by atoms with Crippen LogP contribution < -0.4 is 5.32 Å². The fraction of sp³-hybridized carbons (Fsp3) is 0.900. The molecule has 1 saturated heterocycles. The molecule has 1 aliphatic heterocycles. The molecule has 1 heterocycles. The summed E-state index contributed by atoms with van der Waals surface area (Å²) in [7, 11) is 3.16. The van der Waals surface area contributed by atoms with Crippen molar-refractivity contribution in [2.75, 3.05) is 53.6 Å². The number of nitrogens with zero attached hydrogens (tertiary/aromatic N) is 2. The summed E-state index contributed by atoms with van der Waals surface area (Å²) >= 11 is 0. The van der Waals surface area contributed by atoms with E-state index in [2.05, 4.69) is 21.9 Å². The zero-order valence-electron chi connectivity index (χ0n) is 17.9. The van der Waals surface area contributed by atoms with Crippen molar-refractivity contribution < 1.29 is 19.0 Å². The third-order valence-corrected chi connectivity index (χ3v) is 4.70. The van der Waals surface area contributed by atoms with E-state index in [1.54, 1.807) is 7.11 Å². The van der Waals surface area contributed by atoms with Crippen LogP contribution >= 0.6 is 24.0 Å². The second kappa shape index (κ2) is 18.4. The Balaban J connectivity index is 0.00000729. The average molecular weight is 513 g/mol. The van der Waals surface area contributed by atoms with E-state index in [4.69, 9.17) is 14.5 Å². The molecule has 0 aromatic carbocycles. The lowest BCUT2D eigenvalue weighted by molar-refractivity contribution is -0.140. The van der Waals surface area contributed by atoms with Gasteiger partial charge in [-0.2, -0.15) is 0 Å². The van der Waals surface area contributed by atoms with Crippen molar-refractivity contribution in [1.82, 2.24) is 10.2 Å². The smallest absolute Gasteiger partial charge is 0.305 e.